The highest BCUT2D eigenvalue weighted by molar-refractivity contribution is 5.79. The van der Waals surface area contributed by atoms with Crippen molar-refractivity contribution in [2.75, 3.05) is 47.4 Å². The lowest BCUT2D eigenvalue weighted by Gasteiger charge is -2.40. The Kier molecular flexibility index (Phi) is 9.92. The third-order valence-corrected chi connectivity index (χ3v) is 5.46. The molecule has 30 heavy (non-hydrogen) atoms. The van der Waals surface area contributed by atoms with Gasteiger partial charge in [-0.15, -0.1) is 0 Å². The lowest BCUT2D eigenvalue weighted by molar-refractivity contribution is -0.0835. The van der Waals surface area contributed by atoms with Crippen molar-refractivity contribution < 1.29 is 9.47 Å². The van der Waals surface area contributed by atoms with Gasteiger partial charge in [-0.3, -0.25) is 4.99 Å². The van der Waals surface area contributed by atoms with Crippen LogP contribution in [0.2, 0.25) is 0 Å². The fourth-order valence-electron chi connectivity index (χ4n) is 3.92. The molecular weight excluding hydrogens is 376 g/mol. The molecule has 1 aromatic carbocycles. The summed E-state index contributed by atoms with van der Waals surface area (Å²) in [4.78, 5) is 6.55. The van der Waals surface area contributed by atoms with Crippen molar-refractivity contribution in [3.8, 4) is 5.75 Å². The first-order chi connectivity index (χ1) is 14.3. The van der Waals surface area contributed by atoms with E-state index in [0.717, 1.165) is 57.4 Å². The van der Waals surface area contributed by atoms with Crippen LogP contribution in [0, 0.1) is 11.3 Å². The smallest absolute Gasteiger partial charge is 0.191 e. The van der Waals surface area contributed by atoms with Gasteiger partial charge in [-0.1, -0.05) is 32.9 Å². The van der Waals surface area contributed by atoms with E-state index in [0.29, 0.717) is 5.92 Å². The number of aliphatic imine (C=N–C) groups is 1. The molecule has 2 N–H and O–H groups in total. The number of benzene rings is 1. The highest BCUT2D eigenvalue weighted by atomic mass is 16.5. The lowest BCUT2D eigenvalue weighted by atomic mass is 9.78. The second kappa shape index (κ2) is 12.2. The molecule has 0 aromatic heterocycles. The number of hydrogen-bond acceptors (Lipinski definition) is 4. The number of nitrogens with zero attached hydrogens (tertiary/aromatic N) is 2. The third kappa shape index (κ3) is 8.52. The van der Waals surface area contributed by atoms with Gasteiger partial charge in [-0.05, 0) is 56.5 Å². The maximum atomic E-state index is 6.09. The minimum Gasteiger partial charge on any atom is -0.494 e. The van der Waals surface area contributed by atoms with Crippen LogP contribution in [0.15, 0.2) is 29.3 Å². The largest absolute Gasteiger partial charge is 0.494 e. The number of nitrogens with one attached hydrogen (secondary N) is 2. The standard InChI is InChI=1S/C24H42N4O2/c1-24(2,3)22-20(9-7-15-30-22)18-27-23(25-4)26-17-19-10-12-21(13-11-19)29-16-8-14-28(5)6/h10-13,20,22H,7-9,14-18H2,1-6H3,(H2,25,26,27). The number of hydrogen-bond donors (Lipinski definition) is 2. The molecule has 170 valence electrons. The zero-order chi connectivity index (χ0) is 22.0. The zero-order valence-electron chi connectivity index (χ0n) is 19.8. The summed E-state index contributed by atoms with van der Waals surface area (Å²) in [5, 5.41) is 6.91. The molecule has 6 heteroatoms. The highest BCUT2D eigenvalue weighted by Gasteiger charge is 2.35. The van der Waals surface area contributed by atoms with E-state index in [2.05, 4.69) is 67.5 Å². The van der Waals surface area contributed by atoms with Gasteiger partial charge >= 0.3 is 0 Å². The quantitative estimate of drug-likeness (QED) is 0.365. The van der Waals surface area contributed by atoms with Crippen molar-refractivity contribution in [3.05, 3.63) is 29.8 Å². The Hall–Kier alpha value is -1.79. The summed E-state index contributed by atoms with van der Waals surface area (Å²) in [6, 6.07) is 8.28. The van der Waals surface area contributed by atoms with Gasteiger partial charge in [-0.2, -0.15) is 0 Å². The van der Waals surface area contributed by atoms with E-state index in [1.165, 1.54) is 12.0 Å². The van der Waals surface area contributed by atoms with Crippen LogP contribution >= 0.6 is 0 Å². The van der Waals surface area contributed by atoms with E-state index in [9.17, 15) is 0 Å². The minimum atomic E-state index is 0.153. The van der Waals surface area contributed by atoms with E-state index >= 15 is 0 Å². The maximum Gasteiger partial charge on any atom is 0.191 e. The predicted molar refractivity (Wildman–Crippen MR) is 125 cm³/mol. The number of guanidine groups is 1. The molecule has 1 heterocycles. The molecule has 1 aliphatic rings. The van der Waals surface area contributed by atoms with Crippen LogP contribution in [-0.4, -0.2) is 64.4 Å². The molecule has 1 aliphatic heterocycles. The Bertz CT molecular complexity index is 638. The first kappa shape index (κ1) is 24.5. The van der Waals surface area contributed by atoms with Crippen molar-refractivity contribution in [3.63, 3.8) is 0 Å². The first-order valence-electron chi connectivity index (χ1n) is 11.2. The summed E-state index contributed by atoms with van der Waals surface area (Å²) in [6.07, 6.45) is 3.64. The Balaban J connectivity index is 1.75. The Morgan fingerprint density at radius 2 is 1.93 bits per heavy atom. The minimum absolute atomic E-state index is 0.153. The van der Waals surface area contributed by atoms with Crippen LogP contribution in [0.4, 0.5) is 0 Å². The van der Waals surface area contributed by atoms with Gasteiger partial charge in [0, 0.05) is 39.2 Å². The molecule has 0 bridgehead atoms. The Labute approximate surface area is 183 Å². The molecule has 2 unspecified atom stereocenters. The van der Waals surface area contributed by atoms with Crippen molar-refractivity contribution >= 4 is 5.96 Å². The van der Waals surface area contributed by atoms with Crippen LogP contribution in [0.1, 0.15) is 45.6 Å². The summed E-state index contributed by atoms with van der Waals surface area (Å²) in [5.74, 6) is 2.25. The average Bonchev–Trinajstić information content (AvgIpc) is 2.71. The molecule has 2 rings (SSSR count). The van der Waals surface area contributed by atoms with Crippen molar-refractivity contribution in [2.45, 2.75) is 52.7 Å². The van der Waals surface area contributed by atoms with Crippen LogP contribution in [0.3, 0.4) is 0 Å². The normalized spacial score (nSPS) is 20.3. The fraction of sp³-hybridized carbons (Fsp3) is 0.708. The van der Waals surface area contributed by atoms with Gasteiger partial charge in [0.05, 0.1) is 12.7 Å². The van der Waals surface area contributed by atoms with Crippen molar-refractivity contribution in [1.29, 1.82) is 0 Å². The predicted octanol–water partition coefficient (Wildman–Crippen LogP) is 3.52. The fourth-order valence-corrected chi connectivity index (χ4v) is 3.92. The van der Waals surface area contributed by atoms with E-state index in [-0.39, 0.29) is 11.5 Å². The molecule has 1 aromatic rings. The van der Waals surface area contributed by atoms with E-state index in [1.54, 1.807) is 0 Å². The van der Waals surface area contributed by atoms with Crippen LogP contribution in [0.25, 0.3) is 0 Å². The SMILES string of the molecule is CN=C(NCc1ccc(OCCCN(C)C)cc1)NCC1CCCOC1C(C)(C)C. The number of rotatable bonds is 9. The molecule has 0 saturated carbocycles. The zero-order valence-corrected chi connectivity index (χ0v) is 19.8. The molecule has 0 aliphatic carbocycles. The molecule has 2 atom stereocenters. The van der Waals surface area contributed by atoms with Crippen molar-refractivity contribution in [1.82, 2.24) is 15.5 Å². The van der Waals surface area contributed by atoms with Gasteiger partial charge < -0.3 is 25.0 Å². The monoisotopic (exact) mass is 418 g/mol. The number of ether oxygens (including phenoxy) is 2. The van der Waals surface area contributed by atoms with E-state index in [1.807, 2.05) is 19.2 Å². The van der Waals surface area contributed by atoms with Gasteiger partial charge in [-0.25, -0.2) is 0 Å². The van der Waals surface area contributed by atoms with Crippen LogP contribution in [-0.2, 0) is 11.3 Å². The lowest BCUT2D eigenvalue weighted by Crippen LogP contribution is -2.47. The molecule has 0 radical (unpaired) electrons. The highest BCUT2D eigenvalue weighted by Crippen LogP contribution is 2.33. The van der Waals surface area contributed by atoms with Crippen LogP contribution < -0.4 is 15.4 Å². The molecule has 6 nitrogen and oxygen atoms in total. The van der Waals surface area contributed by atoms with Gasteiger partial charge in [0.15, 0.2) is 5.96 Å². The summed E-state index contributed by atoms with van der Waals surface area (Å²) >= 11 is 0. The molecule has 0 amide bonds. The molecule has 0 spiro atoms. The van der Waals surface area contributed by atoms with Gasteiger partial charge in [0.2, 0.25) is 0 Å². The van der Waals surface area contributed by atoms with E-state index < -0.39 is 0 Å². The first-order valence-corrected chi connectivity index (χ1v) is 11.2. The van der Waals surface area contributed by atoms with Gasteiger partial charge in [0.25, 0.3) is 0 Å². The van der Waals surface area contributed by atoms with Crippen molar-refractivity contribution in [2.24, 2.45) is 16.3 Å². The Morgan fingerprint density at radius 1 is 1.20 bits per heavy atom. The summed E-state index contributed by atoms with van der Waals surface area (Å²) < 4.78 is 11.9. The van der Waals surface area contributed by atoms with Gasteiger partial charge in [0.1, 0.15) is 5.75 Å². The Morgan fingerprint density at radius 3 is 2.57 bits per heavy atom. The summed E-state index contributed by atoms with van der Waals surface area (Å²) in [7, 11) is 5.98. The topological polar surface area (TPSA) is 58.1 Å². The molecule has 1 fully saturated rings. The van der Waals surface area contributed by atoms with Crippen LogP contribution in [0.5, 0.6) is 5.75 Å². The molecule has 1 saturated heterocycles. The molecular formula is C24H42N4O2. The summed E-state index contributed by atoms with van der Waals surface area (Å²) in [6.45, 7) is 11.0. The average molecular weight is 419 g/mol. The second-order valence-electron chi connectivity index (χ2n) is 9.52. The summed E-state index contributed by atoms with van der Waals surface area (Å²) in [5.41, 5.74) is 1.35. The maximum absolute atomic E-state index is 6.09. The van der Waals surface area contributed by atoms with E-state index in [4.69, 9.17) is 9.47 Å². The second-order valence-corrected chi connectivity index (χ2v) is 9.52. The third-order valence-electron chi connectivity index (χ3n) is 5.46.